The lowest BCUT2D eigenvalue weighted by atomic mass is 9.92. The number of sulfone groups is 1. The normalized spacial score (nSPS) is 16.6. The zero-order chi connectivity index (χ0) is 14.4. The van der Waals surface area contributed by atoms with Crippen LogP contribution < -0.4 is 5.32 Å². The Kier molecular flexibility index (Phi) is 7.45. The van der Waals surface area contributed by atoms with Crippen LogP contribution in [0, 0.1) is 11.8 Å². The van der Waals surface area contributed by atoms with Gasteiger partial charge in [-0.1, -0.05) is 20.8 Å². The number of rotatable bonds is 8. The van der Waals surface area contributed by atoms with Gasteiger partial charge in [0.25, 0.3) is 0 Å². The fourth-order valence-corrected chi connectivity index (χ4v) is 3.29. The van der Waals surface area contributed by atoms with Crippen LogP contribution in [0.4, 0.5) is 0 Å². The van der Waals surface area contributed by atoms with E-state index in [1.54, 1.807) is 0 Å². The highest BCUT2D eigenvalue weighted by atomic mass is 32.2. The topological polar surface area (TPSA) is 46.2 Å². The molecule has 0 bridgehead atoms. The van der Waals surface area contributed by atoms with Crippen molar-refractivity contribution in [3.63, 3.8) is 0 Å². The molecule has 0 aromatic rings. The summed E-state index contributed by atoms with van der Waals surface area (Å²) in [6.07, 6.45) is 1.49. The van der Waals surface area contributed by atoms with Crippen LogP contribution in [0.3, 0.4) is 0 Å². The van der Waals surface area contributed by atoms with Crippen molar-refractivity contribution in [3.8, 4) is 0 Å². The van der Waals surface area contributed by atoms with E-state index in [1.807, 2.05) is 6.92 Å². The van der Waals surface area contributed by atoms with Crippen molar-refractivity contribution in [2.24, 2.45) is 11.8 Å². The molecule has 0 saturated carbocycles. The molecule has 0 aliphatic rings. The summed E-state index contributed by atoms with van der Waals surface area (Å²) in [6.45, 7) is 13.6. The molecule has 0 aliphatic carbocycles. The lowest BCUT2D eigenvalue weighted by Gasteiger charge is -2.26. The second-order valence-corrected chi connectivity index (χ2v) is 8.83. The van der Waals surface area contributed by atoms with Gasteiger partial charge in [0.15, 0.2) is 0 Å². The SMILES string of the molecule is CCCS(=O)(=O)CCC(C)C(C)CNC(C)(C)C. The average molecular weight is 277 g/mol. The molecular formula is C14H31NO2S. The molecule has 0 aliphatic heterocycles. The van der Waals surface area contributed by atoms with Crippen LogP contribution in [0.5, 0.6) is 0 Å². The fraction of sp³-hybridized carbons (Fsp3) is 1.00. The smallest absolute Gasteiger partial charge is 0.150 e. The molecule has 0 rings (SSSR count). The maximum Gasteiger partial charge on any atom is 0.150 e. The third-order valence-corrected chi connectivity index (χ3v) is 5.21. The zero-order valence-electron chi connectivity index (χ0n) is 12.9. The number of hydrogen-bond donors (Lipinski definition) is 1. The van der Waals surface area contributed by atoms with Gasteiger partial charge in [0.1, 0.15) is 9.84 Å². The highest BCUT2D eigenvalue weighted by Gasteiger charge is 2.18. The minimum absolute atomic E-state index is 0.127. The van der Waals surface area contributed by atoms with Gasteiger partial charge in [0.2, 0.25) is 0 Å². The monoisotopic (exact) mass is 277 g/mol. The van der Waals surface area contributed by atoms with Crippen molar-refractivity contribution >= 4 is 9.84 Å². The highest BCUT2D eigenvalue weighted by molar-refractivity contribution is 7.91. The quantitative estimate of drug-likeness (QED) is 0.742. The molecule has 3 nitrogen and oxygen atoms in total. The van der Waals surface area contributed by atoms with Gasteiger partial charge in [-0.05, 0) is 52.0 Å². The van der Waals surface area contributed by atoms with Crippen LogP contribution in [0.2, 0.25) is 0 Å². The van der Waals surface area contributed by atoms with Gasteiger partial charge in [-0.25, -0.2) is 8.42 Å². The number of hydrogen-bond acceptors (Lipinski definition) is 3. The van der Waals surface area contributed by atoms with Crippen LogP contribution in [0.15, 0.2) is 0 Å². The van der Waals surface area contributed by atoms with E-state index in [0.29, 0.717) is 23.3 Å². The van der Waals surface area contributed by atoms with Crippen molar-refractivity contribution in [3.05, 3.63) is 0 Å². The lowest BCUT2D eigenvalue weighted by molar-refractivity contribution is 0.313. The molecule has 0 aromatic carbocycles. The Morgan fingerprint density at radius 3 is 2.06 bits per heavy atom. The summed E-state index contributed by atoms with van der Waals surface area (Å²) in [4.78, 5) is 0. The van der Waals surface area contributed by atoms with Crippen molar-refractivity contribution < 1.29 is 8.42 Å². The van der Waals surface area contributed by atoms with E-state index >= 15 is 0 Å². The van der Waals surface area contributed by atoms with Gasteiger partial charge in [0, 0.05) is 11.3 Å². The first-order chi connectivity index (χ1) is 8.07. The molecule has 0 saturated heterocycles. The van der Waals surface area contributed by atoms with E-state index in [0.717, 1.165) is 19.4 Å². The Labute approximate surface area is 114 Å². The minimum Gasteiger partial charge on any atom is -0.312 e. The maximum absolute atomic E-state index is 11.7. The first-order valence-corrected chi connectivity index (χ1v) is 8.85. The van der Waals surface area contributed by atoms with E-state index < -0.39 is 9.84 Å². The van der Waals surface area contributed by atoms with Crippen LogP contribution in [0.1, 0.15) is 54.4 Å². The van der Waals surface area contributed by atoms with Crippen molar-refractivity contribution in [2.75, 3.05) is 18.1 Å². The van der Waals surface area contributed by atoms with E-state index in [4.69, 9.17) is 0 Å². The molecule has 2 unspecified atom stereocenters. The Balaban J connectivity index is 4.06. The van der Waals surface area contributed by atoms with Crippen LogP contribution >= 0.6 is 0 Å². The molecule has 0 spiro atoms. The average Bonchev–Trinajstić information content (AvgIpc) is 2.21. The first kappa shape index (κ1) is 17.9. The van der Waals surface area contributed by atoms with Crippen LogP contribution in [0.25, 0.3) is 0 Å². The maximum atomic E-state index is 11.7. The molecule has 0 radical (unpaired) electrons. The Morgan fingerprint density at radius 1 is 1.06 bits per heavy atom. The summed E-state index contributed by atoms with van der Waals surface area (Å²) < 4.78 is 23.3. The van der Waals surface area contributed by atoms with E-state index in [-0.39, 0.29) is 5.54 Å². The molecule has 0 fully saturated rings. The van der Waals surface area contributed by atoms with Gasteiger partial charge in [-0.2, -0.15) is 0 Å². The second-order valence-electron chi connectivity index (χ2n) is 6.53. The third kappa shape index (κ3) is 8.92. The predicted octanol–water partition coefficient (Wildman–Crippen LogP) is 2.86. The third-order valence-electron chi connectivity index (χ3n) is 3.33. The van der Waals surface area contributed by atoms with Crippen molar-refractivity contribution in [1.82, 2.24) is 5.32 Å². The standard InChI is InChI=1S/C14H31NO2S/c1-7-9-18(16,17)10-8-12(2)13(3)11-15-14(4,5)6/h12-13,15H,7-11H2,1-6H3. The lowest BCUT2D eigenvalue weighted by Crippen LogP contribution is -2.40. The molecule has 0 aromatic heterocycles. The predicted molar refractivity (Wildman–Crippen MR) is 79.6 cm³/mol. The molecule has 18 heavy (non-hydrogen) atoms. The summed E-state index contributed by atoms with van der Waals surface area (Å²) in [5.41, 5.74) is 0.127. The second kappa shape index (κ2) is 7.49. The summed E-state index contributed by atoms with van der Waals surface area (Å²) in [5.74, 6) is 1.60. The van der Waals surface area contributed by atoms with E-state index in [2.05, 4.69) is 39.9 Å². The van der Waals surface area contributed by atoms with E-state index in [1.165, 1.54) is 0 Å². The molecule has 110 valence electrons. The first-order valence-electron chi connectivity index (χ1n) is 7.03. The van der Waals surface area contributed by atoms with Gasteiger partial charge in [-0.15, -0.1) is 0 Å². The summed E-state index contributed by atoms with van der Waals surface area (Å²) in [5, 5.41) is 3.48. The molecule has 2 atom stereocenters. The minimum atomic E-state index is -2.82. The van der Waals surface area contributed by atoms with Crippen LogP contribution in [-0.2, 0) is 9.84 Å². The van der Waals surface area contributed by atoms with Gasteiger partial charge in [0.05, 0.1) is 5.75 Å². The molecule has 4 heteroatoms. The van der Waals surface area contributed by atoms with Crippen LogP contribution in [-0.4, -0.2) is 32.0 Å². The summed E-state index contributed by atoms with van der Waals surface area (Å²) >= 11 is 0. The Bertz CT molecular complexity index is 317. The molecule has 0 heterocycles. The molecule has 1 N–H and O–H groups in total. The van der Waals surface area contributed by atoms with E-state index in [9.17, 15) is 8.42 Å². The Hall–Kier alpha value is -0.0900. The molecule has 0 amide bonds. The fourth-order valence-electron chi connectivity index (χ4n) is 1.73. The molecular weight excluding hydrogens is 246 g/mol. The van der Waals surface area contributed by atoms with Gasteiger partial charge >= 0.3 is 0 Å². The van der Waals surface area contributed by atoms with Crippen molar-refractivity contribution in [2.45, 2.75) is 59.9 Å². The Morgan fingerprint density at radius 2 is 1.61 bits per heavy atom. The number of nitrogens with one attached hydrogen (secondary N) is 1. The van der Waals surface area contributed by atoms with Gasteiger partial charge < -0.3 is 5.32 Å². The van der Waals surface area contributed by atoms with Gasteiger partial charge in [-0.3, -0.25) is 0 Å². The zero-order valence-corrected chi connectivity index (χ0v) is 13.7. The highest BCUT2D eigenvalue weighted by Crippen LogP contribution is 2.16. The summed E-state index contributed by atoms with van der Waals surface area (Å²) in [7, 11) is -2.82. The van der Waals surface area contributed by atoms with Crippen molar-refractivity contribution in [1.29, 1.82) is 0 Å². The largest absolute Gasteiger partial charge is 0.312 e. The summed E-state index contributed by atoms with van der Waals surface area (Å²) in [6, 6.07) is 0.